The highest BCUT2D eigenvalue weighted by Crippen LogP contribution is 2.36. The fourth-order valence-electron chi connectivity index (χ4n) is 3.65. The predicted molar refractivity (Wildman–Crippen MR) is 83.8 cm³/mol. The highest BCUT2D eigenvalue weighted by atomic mass is 19.3. The van der Waals surface area contributed by atoms with Crippen molar-refractivity contribution in [3.8, 4) is 5.75 Å². The molecule has 3 rings (SSSR count). The summed E-state index contributed by atoms with van der Waals surface area (Å²) >= 11 is 0. The van der Waals surface area contributed by atoms with Crippen LogP contribution in [0.4, 0.5) is 8.78 Å². The predicted octanol–water partition coefficient (Wildman–Crippen LogP) is 2.66. The molecule has 6 heteroatoms. The van der Waals surface area contributed by atoms with Crippen LogP contribution in [0.2, 0.25) is 0 Å². The van der Waals surface area contributed by atoms with Gasteiger partial charge in [0.2, 0.25) is 0 Å². The van der Waals surface area contributed by atoms with E-state index in [0.717, 1.165) is 57.8 Å². The molecule has 2 heterocycles. The lowest BCUT2D eigenvalue weighted by Crippen LogP contribution is -2.47. The SMILES string of the molecule is FC(F)Oc1cccc([C@@H](C2CCOCC2)N2CCNCC2)c1. The molecule has 1 N–H and O–H groups in total. The minimum Gasteiger partial charge on any atom is -0.435 e. The van der Waals surface area contributed by atoms with E-state index >= 15 is 0 Å². The third-order valence-corrected chi connectivity index (χ3v) is 4.68. The van der Waals surface area contributed by atoms with E-state index < -0.39 is 6.61 Å². The Kier molecular flexibility index (Phi) is 5.80. The van der Waals surface area contributed by atoms with Crippen LogP contribution in [-0.4, -0.2) is 50.9 Å². The number of alkyl halides is 2. The molecule has 0 saturated carbocycles. The van der Waals surface area contributed by atoms with Gasteiger partial charge in [0.1, 0.15) is 5.75 Å². The average Bonchev–Trinajstić information content (AvgIpc) is 2.57. The Labute approximate surface area is 135 Å². The highest BCUT2D eigenvalue weighted by molar-refractivity contribution is 5.31. The molecule has 2 aliphatic rings. The van der Waals surface area contributed by atoms with Gasteiger partial charge in [0.05, 0.1) is 0 Å². The number of nitrogens with zero attached hydrogens (tertiary/aromatic N) is 1. The lowest BCUT2D eigenvalue weighted by Gasteiger charge is -2.41. The molecule has 0 radical (unpaired) electrons. The lowest BCUT2D eigenvalue weighted by atomic mass is 9.85. The van der Waals surface area contributed by atoms with Crippen molar-refractivity contribution >= 4 is 0 Å². The molecular formula is C17H24F2N2O2. The van der Waals surface area contributed by atoms with E-state index in [1.54, 1.807) is 12.1 Å². The summed E-state index contributed by atoms with van der Waals surface area (Å²) in [6.07, 6.45) is 2.02. The fraction of sp³-hybridized carbons (Fsp3) is 0.647. The monoisotopic (exact) mass is 326 g/mol. The van der Waals surface area contributed by atoms with Gasteiger partial charge < -0.3 is 14.8 Å². The van der Waals surface area contributed by atoms with Gasteiger partial charge in [-0.3, -0.25) is 4.90 Å². The molecule has 1 atom stereocenters. The van der Waals surface area contributed by atoms with Crippen molar-refractivity contribution in [3.05, 3.63) is 29.8 Å². The number of ether oxygens (including phenoxy) is 2. The second-order valence-electron chi connectivity index (χ2n) is 6.13. The summed E-state index contributed by atoms with van der Waals surface area (Å²) in [7, 11) is 0. The quantitative estimate of drug-likeness (QED) is 0.902. The molecule has 0 spiro atoms. The smallest absolute Gasteiger partial charge is 0.387 e. The van der Waals surface area contributed by atoms with E-state index in [4.69, 9.17) is 4.74 Å². The molecule has 1 aromatic rings. The Bertz CT molecular complexity index is 471. The lowest BCUT2D eigenvalue weighted by molar-refractivity contribution is -0.0500. The summed E-state index contributed by atoms with van der Waals surface area (Å²) in [6.45, 7) is 2.65. The second kappa shape index (κ2) is 8.04. The molecule has 0 aliphatic carbocycles. The minimum atomic E-state index is -2.79. The van der Waals surface area contributed by atoms with Crippen LogP contribution in [0.15, 0.2) is 24.3 Å². The van der Waals surface area contributed by atoms with E-state index in [0.29, 0.717) is 5.92 Å². The van der Waals surface area contributed by atoms with Crippen LogP contribution in [0.5, 0.6) is 5.75 Å². The molecule has 4 nitrogen and oxygen atoms in total. The maximum atomic E-state index is 12.5. The molecule has 0 bridgehead atoms. The van der Waals surface area contributed by atoms with Gasteiger partial charge in [-0.1, -0.05) is 12.1 Å². The average molecular weight is 326 g/mol. The van der Waals surface area contributed by atoms with Gasteiger partial charge in [-0.2, -0.15) is 8.78 Å². The van der Waals surface area contributed by atoms with Gasteiger partial charge in [0, 0.05) is 45.4 Å². The number of halogens is 2. The van der Waals surface area contributed by atoms with Gasteiger partial charge in [-0.25, -0.2) is 0 Å². The third-order valence-electron chi connectivity index (χ3n) is 4.68. The van der Waals surface area contributed by atoms with E-state index in [-0.39, 0.29) is 11.8 Å². The molecule has 0 aromatic heterocycles. The first kappa shape index (κ1) is 16.6. The fourth-order valence-corrected chi connectivity index (χ4v) is 3.65. The number of hydrogen-bond donors (Lipinski definition) is 1. The van der Waals surface area contributed by atoms with Gasteiger partial charge in [-0.05, 0) is 36.5 Å². The van der Waals surface area contributed by atoms with Crippen molar-refractivity contribution in [3.63, 3.8) is 0 Å². The number of rotatable bonds is 5. The van der Waals surface area contributed by atoms with Crippen LogP contribution < -0.4 is 10.1 Å². The number of benzene rings is 1. The Balaban J connectivity index is 1.84. The van der Waals surface area contributed by atoms with E-state index in [1.807, 2.05) is 12.1 Å². The van der Waals surface area contributed by atoms with Crippen molar-refractivity contribution in [1.82, 2.24) is 10.2 Å². The van der Waals surface area contributed by atoms with Gasteiger partial charge in [0.25, 0.3) is 0 Å². The molecule has 0 unspecified atom stereocenters. The van der Waals surface area contributed by atoms with E-state index in [1.165, 1.54) is 0 Å². The Hall–Kier alpha value is -1.24. The maximum Gasteiger partial charge on any atom is 0.387 e. The third kappa shape index (κ3) is 4.40. The molecule has 1 aromatic carbocycles. The first-order chi connectivity index (χ1) is 11.2. The summed E-state index contributed by atoms with van der Waals surface area (Å²) in [5, 5.41) is 3.37. The first-order valence-electron chi connectivity index (χ1n) is 8.31. The van der Waals surface area contributed by atoms with Crippen LogP contribution in [-0.2, 0) is 4.74 Å². The topological polar surface area (TPSA) is 33.7 Å². The van der Waals surface area contributed by atoms with Crippen LogP contribution in [0.3, 0.4) is 0 Å². The zero-order chi connectivity index (χ0) is 16.1. The number of nitrogens with one attached hydrogen (secondary N) is 1. The Morgan fingerprint density at radius 2 is 1.91 bits per heavy atom. The minimum absolute atomic E-state index is 0.238. The van der Waals surface area contributed by atoms with Crippen LogP contribution >= 0.6 is 0 Å². The summed E-state index contributed by atoms with van der Waals surface area (Å²) in [6, 6.07) is 7.44. The van der Waals surface area contributed by atoms with Crippen molar-refractivity contribution in [2.75, 3.05) is 39.4 Å². The zero-order valence-corrected chi connectivity index (χ0v) is 13.2. The Morgan fingerprint density at radius 1 is 1.17 bits per heavy atom. The maximum absolute atomic E-state index is 12.5. The summed E-state index contributed by atoms with van der Waals surface area (Å²) in [4.78, 5) is 2.47. The first-order valence-corrected chi connectivity index (χ1v) is 8.31. The van der Waals surface area contributed by atoms with Crippen molar-refractivity contribution in [1.29, 1.82) is 0 Å². The normalized spacial score (nSPS) is 22.2. The van der Waals surface area contributed by atoms with E-state index in [9.17, 15) is 8.78 Å². The summed E-state index contributed by atoms with van der Waals surface area (Å²) in [5.41, 5.74) is 1.07. The second-order valence-corrected chi connectivity index (χ2v) is 6.13. The van der Waals surface area contributed by atoms with E-state index in [2.05, 4.69) is 15.0 Å². The summed E-state index contributed by atoms with van der Waals surface area (Å²) < 4.78 is 35.1. The molecule has 128 valence electrons. The summed E-state index contributed by atoms with van der Waals surface area (Å²) in [5.74, 6) is 0.730. The molecule has 23 heavy (non-hydrogen) atoms. The highest BCUT2D eigenvalue weighted by Gasteiger charge is 2.31. The molecule has 0 amide bonds. The van der Waals surface area contributed by atoms with Crippen LogP contribution in [0.1, 0.15) is 24.4 Å². The number of piperazine rings is 1. The molecule has 2 fully saturated rings. The Morgan fingerprint density at radius 3 is 2.61 bits per heavy atom. The number of hydrogen-bond acceptors (Lipinski definition) is 4. The van der Waals surface area contributed by atoms with Crippen LogP contribution in [0.25, 0.3) is 0 Å². The van der Waals surface area contributed by atoms with Crippen molar-refractivity contribution in [2.45, 2.75) is 25.5 Å². The molecular weight excluding hydrogens is 302 g/mol. The van der Waals surface area contributed by atoms with Crippen LogP contribution in [0, 0.1) is 5.92 Å². The standard InChI is InChI=1S/C17H24F2N2O2/c18-17(19)23-15-3-1-2-14(12-15)16(13-4-10-22-11-5-13)21-8-6-20-7-9-21/h1-3,12-13,16-17,20H,4-11H2/t16-/m1/s1. The van der Waals surface area contributed by atoms with Gasteiger partial charge in [0.15, 0.2) is 0 Å². The largest absolute Gasteiger partial charge is 0.435 e. The zero-order valence-electron chi connectivity index (χ0n) is 13.2. The van der Waals surface area contributed by atoms with Crippen molar-refractivity contribution in [2.24, 2.45) is 5.92 Å². The molecule has 2 aliphatic heterocycles. The van der Waals surface area contributed by atoms with Gasteiger partial charge in [-0.15, -0.1) is 0 Å². The van der Waals surface area contributed by atoms with Crippen molar-refractivity contribution < 1.29 is 18.3 Å². The molecule has 2 saturated heterocycles. The van der Waals surface area contributed by atoms with Gasteiger partial charge >= 0.3 is 6.61 Å².